The third kappa shape index (κ3) is 7.83. The zero-order valence-corrected chi connectivity index (χ0v) is 20.0. The first kappa shape index (κ1) is 27.3. The van der Waals surface area contributed by atoms with Crippen molar-refractivity contribution in [3.05, 3.63) is 65.7 Å². The molecule has 0 heterocycles. The number of hydrogen-bond acceptors (Lipinski definition) is 6. The first-order chi connectivity index (χ1) is 16.6. The van der Waals surface area contributed by atoms with Crippen LogP contribution in [0.4, 0.5) is 5.69 Å². The average molecular weight is 500 g/mol. The van der Waals surface area contributed by atoms with E-state index < -0.39 is 47.7 Å². The molecule has 184 valence electrons. The molecule has 2 aromatic rings. The summed E-state index contributed by atoms with van der Waals surface area (Å²) in [4.78, 5) is 49.8. The zero-order valence-electron chi connectivity index (χ0n) is 19.3. The van der Waals surface area contributed by atoms with Gasteiger partial charge in [0.05, 0.1) is 29.5 Å². The summed E-state index contributed by atoms with van der Waals surface area (Å²) in [5.74, 6) is -5.22. The summed E-state index contributed by atoms with van der Waals surface area (Å²) in [5.41, 5.74) is 0.398. The summed E-state index contributed by atoms with van der Waals surface area (Å²) in [6, 6.07) is 16.8. The van der Waals surface area contributed by atoms with E-state index in [-0.39, 0.29) is 11.6 Å². The van der Waals surface area contributed by atoms with Gasteiger partial charge >= 0.3 is 11.9 Å². The maximum absolute atomic E-state index is 13.4. The van der Waals surface area contributed by atoms with Crippen LogP contribution in [0.25, 0.3) is 0 Å². The summed E-state index contributed by atoms with van der Waals surface area (Å²) in [5, 5.41) is 23.7. The Hall–Kier alpha value is -3.90. The number of carboxylic acids is 1. The summed E-state index contributed by atoms with van der Waals surface area (Å²) in [7, 11) is 0. The van der Waals surface area contributed by atoms with Gasteiger partial charge in [-0.2, -0.15) is 5.26 Å². The molecule has 0 aromatic heterocycles. The molecule has 1 unspecified atom stereocenters. The van der Waals surface area contributed by atoms with Crippen molar-refractivity contribution in [2.75, 3.05) is 11.2 Å². The van der Waals surface area contributed by atoms with Crippen LogP contribution in [0.3, 0.4) is 0 Å². The standard InChI is InChI=1S/C25H26ClN3O6/c1-16(30)35-22(24(34)28-19-10-8-17(15-27)9-11-19)20(14-21(31)32)23(33)29-25(2,12-13-26)18-6-4-3-5-7-18/h3-11,20,22H,12-14H2,1-2H3,(H,28,34)(H,29,33)(H,31,32)/t20-,22-,25?/m1/s1. The normalized spacial score (nSPS) is 13.9. The Morgan fingerprint density at radius 3 is 2.23 bits per heavy atom. The Balaban J connectivity index is 2.38. The van der Waals surface area contributed by atoms with Crippen molar-refractivity contribution < 1.29 is 29.0 Å². The van der Waals surface area contributed by atoms with E-state index >= 15 is 0 Å². The number of anilines is 1. The van der Waals surface area contributed by atoms with E-state index in [0.717, 1.165) is 12.5 Å². The first-order valence-corrected chi connectivity index (χ1v) is 11.3. The molecule has 2 aromatic carbocycles. The van der Waals surface area contributed by atoms with Gasteiger partial charge in [0.2, 0.25) is 5.91 Å². The molecule has 0 saturated heterocycles. The Labute approximate surface area is 208 Å². The van der Waals surface area contributed by atoms with E-state index in [9.17, 15) is 24.3 Å². The molecule has 9 nitrogen and oxygen atoms in total. The average Bonchev–Trinajstić information content (AvgIpc) is 2.82. The topological polar surface area (TPSA) is 146 Å². The lowest BCUT2D eigenvalue weighted by atomic mass is 9.87. The molecule has 3 atom stereocenters. The van der Waals surface area contributed by atoms with Crippen molar-refractivity contribution in [3.63, 3.8) is 0 Å². The fourth-order valence-corrected chi connectivity index (χ4v) is 3.88. The molecule has 2 amide bonds. The number of alkyl halides is 1. The molecule has 35 heavy (non-hydrogen) atoms. The minimum absolute atomic E-state index is 0.196. The molecule has 0 saturated carbocycles. The highest BCUT2D eigenvalue weighted by atomic mass is 35.5. The SMILES string of the molecule is CC(=O)O[C@@H](C(=O)Nc1ccc(C#N)cc1)[C@@H](CC(=O)O)C(=O)NC(C)(CCCl)c1ccccc1. The van der Waals surface area contributed by atoms with Gasteiger partial charge in [-0.15, -0.1) is 11.6 Å². The van der Waals surface area contributed by atoms with Crippen LogP contribution >= 0.6 is 11.6 Å². The minimum Gasteiger partial charge on any atom is -0.481 e. The second kappa shape index (κ2) is 12.5. The molecule has 0 aliphatic rings. The molecule has 3 N–H and O–H groups in total. The number of halogens is 1. The number of carbonyl (C=O) groups is 4. The van der Waals surface area contributed by atoms with Crippen LogP contribution in [-0.4, -0.2) is 40.8 Å². The fourth-order valence-electron chi connectivity index (χ4n) is 3.50. The van der Waals surface area contributed by atoms with Gasteiger partial charge in [0.15, 0.2) is 6.10 Å². The number of rotatable bonds is 11. The molecule has 0 radical (unpaired) electrons. The molecule has 0 bridgehead atoms. The van der Waals surface area contributed by atoms with Gasteiger partial charge in [0.1, 0.15) is 0 Å². The van der Waals surface area contributed by atoms with Crippen LogP contribution in [0.2, 0.25) is 0 Å². The second-order valence-electron chi connectivity index (χ2n) is 8.04. The van der Waals surface area contributed by atoms with Crippen LogP contribution in [0, 0.1) is 17.2 Å². The number of nitrogens with one attached hydrogen (secondary N) is 2. The number of esters is 1. The molecular weight excluding hydrogens is 474 g/mol. The Morgan fingerprint density at radius 2 is 1.71 bits per heavy atom. The predicted octanol–water partition coefficient (Wildman–Crippen LogP) is 3.18. The smallest absolute Gasteiger partial charge is 0.304 e. The van der Waals surface area contributed by atoms with Gasteiger partial charge in [-0.25, -0.2) is 0 Å². The highest BCUT2D eigenvalue weighted by Crippen LogP contribution is 2.27. The van der Waals surface area contributed by atoms with Crippen LogP contribution in [-0.2, 0) is 29.5 Å². The minimum atomic E-state index is -1.73. The molecule has 0 fully saturated rings. The fraction of sp³-hybridized carbons (Fsp3) is 0.320. The van der Waals surface area contributed by atoms with Crippen LogP contribution < -0.4 is 10.6 Å². The molecular formula is C25H26ClN3O6. The molecule has 0 aliphatic carbocycles. The van der Waals surface area contributed by atoms with E-state index in [0.29, 0.717) is 12.0 Å². The maximum Gasteiger partial charge on any atom is 0.304 e. The zero-order chi connectivity index (χ0) is 26.0. The van der Waals surface area contributed by atoms with Crippen molar-refractivity contribution in [1.82, 2.24) is 5.32 Å². The first-order valence-electron chi connectivity index (χ1n) is 10.7. The van der Waals surface area contributed by atoms with Crippen LogP contribution in [0.1, 0.15) is 37.8 Å². The number of hydrogen-bond donors (Lipinski definition) is 3. The van der Waals surface area contributed by atoms with Gasteiger partial charge in [0.25, 0.3) is 5.91 Å². The van der Waals surface area contributed by atoms with Gasteiger partial charge in [-0.1, -0.05) is 30.3 Å². The largest absolute Gasteiger partial charge is 0.481 e. The van der Waals surface area contributed by atoms with Crippen molar-refractivity contribution >= 4 is 41.0 Å². The Kier molecular flexibility index (Phi) is 9.79. The summed E-state index contributed by atoms with van der Waals surface area (Å²) in [6.07, 6.45) is -2.17. The quantitative estimate of drug-likeness (QED) is 0.318. The lowest BCUT2D eigenvalue weighted by molar-refractivity contribution is -0.160. The van der Waals surface area contributed by atoms with E-state index in [1.807, 2.05) is 12.1 Å². The van der Waals surface area contributed by atoms with Gasteiger partial charge in [-0.3, -0.25) is 19.2 Å². The lowest BCUT2D eigenvalue weighted by Gasteiger charge is -2.34. The lowest BCUT2D eigenvalue weighted by Crippen LogP contribution is -2.52. The number of aliphatic carboxylic acids is 1. The summed E-state index contributed by atoms with van der Waals surface area (Å²) in [6.45, 7) is 2.79. The Morgan fingerprint density at radius 1 is 1.09 bits per heavy atom. The van der Waals surface area contributed by atoms with Crippen molar-refractivity contribution in [2.45, 2.75) is 38.3 Å². The molecule has 2 rings (SSSR count). The number of nitrogens with zero attached hydrogens (tertiary/aromatic N) is 1. The number of carbonyl (C=O) groups excluding carboxylic acids is 3. The third-order valence-electron chi connectivity index (χ3n) is 5.33. The number of nitriles is 1. The van der Waals surface area contributed by atoms with E-state index in [1.54, 1.807) is 31.2 Å². The monoisotopic (exact) mass is 499 g/mol. The molecule has 10 heteroatoms. The van der Waals surface area contributed by atoms with Crippen molar-refractivity contribution in [1.29, 1.82) is 5.26 Å². The maximum atomic E-state index is 13.4. The second-order valence-corrected chi connectivity index (χ2v) is 8.42. The van der Waals surface area contributed by atoms with Crippen molar-refractivity contribution in [2.24, 2.45) is 5.92 Å². The van der Waals surface area contributed by atoms with E-state index in [1.165, 1.54) is 24.3 Å². The number of amides is 2. The summed E-state index contributed by atoms with van der Waals surface area (Å²) >= 11 is 5.98. The molecule has 0 aliphatic heterocycles. The van der Waals surface area contributed by atoms with Gasteiger partial charge < -0.3 is 20.5 Å². The third-order valence-corrected chi connectivity index (χ3v) is 5.52. The number of carboxylic acid groups (broad SMARTS) is 1. The highest BCUT2D eigenvalue weighted by Gasteiger charge is 2.41. The predicted molar refractivity (Wildman–Crippen MR) is 128 cm³/mol. The Bertz CT molecular complexity index is 1100. The highest BCUT2D eigenvalue weighted by molar-refractivity contribution is 6.17. The molecule has 0 spiro atoms. The van der Waals surface area contributed by atoms with Crippen LogP contribution in [0.5, 0.6) is 0 Å². The van der Waals surface area contributed by atoms with Gasteiger partial charge in [0, 0.05) is 18.5 Å². The van der Waals surface area contributed by atoms with E-state index in [4.69, 9.17) is 21.6 Å². The number of benzene rings is 2. The van der Waals surface area contributed by atoms with Crippen molar-refractivity contribution in [3.8, 4) is 6.07 Å². The summed E-state index contributed by atoms with van der Waals surface area (Å²) < 4.78 is 5.14. The van der Waals surface area contributed by atoms with E-state index in [2.05, 4.69) is 10.6 Å². The number of ether oxygens (including phenoxy) is 1. The van der Waals surface area contributed by atoms with Crippen LogP contribution in [0.15, 0.2) is 54.6 Å². The van der Waals surface area contributed by atoms with Gasteiger partial charge in [-0.05, 0) is 43.2 Å².